The van der Waals surface area contributed by atoms with Crippen molar-refractivity contribution in [3.05, 3.63) is 53.1 Å². The van der Waals surface area contributed by atoms with Crippen LogP contribution in [-0.2, 0) is 25.7 Å². The van der Waals surface area contributed by atoms with E-state index < -0.39 is 45.3 Å². The highest BCUT2D eigenvalue weighted by Crippen LogP contribution is 2.39. The third kappa shape index (κ3) is 4.27. The number of ether oxygens (including phenoxy) is 2. The number of hydrogen-bond donors (Lipinski definition) is 0. The Morgan fingerprint density at radius 2 is 2.00 bits per heavy atom. The molecule has 1 aliphatic rings. The minimum Gasteiger partial charge on any atom is -0.475 e. The van der Waals surface area contributed by atoms with Crippen LogP contribution in [0.5, 0.6) is 5.75 Å². The number of benzene rings is 2. The number of anilines is 1. The number of fused-ring (bicyclic) bond motifs is 1. The van der Waals surface area contributed by atoms with Crippen molar-refractivity contribution in [3.63, 3.8) is 0 Å². The quantitative estimate of drug-likeness (QED) is 0.662. The number of rotatable bonds is 4. The monoisotopic (exact) mass is 449 g/mol. The van der Waals surface area contributed by atoms with Gasteiger partial charge in [-0.3, -0.25) is 4.31 Å². The molecule has 1 atom stereocenters. The first-order valence-electron chi connectivity index (χ1n) is 8.37. The summed E-state index contributed by atoms with van der Waals surface area (Å²) >= 11 is 5.95. The van der Waals surface area contributed by atoms with Crippen molar-refractivity contribution in [2.45, 2.75) is 24.1 Å². The zero-order chi connectivity index (χ0) is 21.4. The molecule has 0 radical (unpaired) electrons. The van der Waals surface area contributed by atoms with Gasteiger partial charge in [0.15, 0.2) is 0 Å². The van der Waals surface area contributed by atoms with E-state index in [0.29, 0.717) is 6.07 Å². The summed E-state index contributed by atoms with van der Waals surface area (Å²) in [6.45, 7) is 1.14. The second-order valence-corrected chi connectivity index (χ2v) is 8.33. The molecule has 0 saturated carbocycles. The molecule has 0 unspecified atom stereocenters. The van der Waals surface area contributed by atoms with E-state index in [2.05, 4.69) is 0 Å². The van der Waals surface area contributed by atoms with Crippen molar-refractivity contribution in [3.8, 4) is 5.75 Å². The van der Waals surface area contributed by atoms with Gasteiger partial charge in [0.25, 0.3) is 10.0 Å². The van der Waals surface area contributed by atoms with Crippen molar-refractivity contribution >= 4 is 33.3 Å². The van der Waals surface area contributed by atoms with Gasteiger partial charge in [0.1, 0.15) is 5.75 Å². The van der Waals surface area contributed by atoms with Crippen LogP contribution in [-0.4, -0.2) is 33.6 Å². The molecule has 2 aromatic rings. The Kier molecular flexibility index (Phi) is 5.68. The molecule has 1 heterocycles. The van der Waals surface area contributed by atoms with E-state index in [0.717, 1.165) is 22.5 Å². The maximum Gasteiger partial charge on any atom is 0.416 e. The first-order chi connectivity index (χ1) is 13.5. The Labute approximate surface area is 169 Å². The summed E-state index contributed by atoms with van der Waals surface area (Å²) < 4.78 is 76.7. The lowest BCUT2D eigenvalue weighted by Crippen LogP contribution is -2.47. The lowest BCUT2D eigenvalue weighted by Gasteiger charge is -2.34. The molecule has 0 spiro atoms. The van der Waals surface area contributed by atoms with E-state index in [4.69, 9.17) is 21.1 Å². The Hall–Kier alpha value is -2.46. The van der Waals surface area contributed by atoms with Crippen molar-refractivity contribution in [2.24, 2.45) is 0 Å². The van der Waals surface area contributed by atoms with Gasteiger partial charge in [-0.25, -0.2) is 13.2 Å². The summed E-state index contributed by atoms with van der Waals surface area (Å²) in [6, 6.07) is 7.45. The lowest BCUT2D eigenvalue weighted by atomic mass is 10.2. The topological polar surface area (TPSA) is 72.9 Å². The summed E-state index contributed by atoms with van der Waals surface area (Å²) in [4.78, 5) is 11.5. The second kappa shape index (κ2) is 7.75. The molecule has 3 rings (SSSR count). The van der Waals surface area contributed by atoms with Crippen molar-refractivity contribution < 1.29 is 35.9 Å². The standard InChI is InChI=1S/C18H15ClF3NO5S/c1-2-27-17(24)16-10-23(14-9-12(19)6-7-15(14)28-16)29(25,26)13-5-3-4-11(8-13)18(20,21)22/h3-9,16H,2,10H2,1H3/t16-/m0/s1. The van der Waals surface area contributed by atoms with E-state index in [1.54, 1.807) is 6.92 Å². The molecule has 0 bridgehead atoms. The molecular weight excluding hydrogens is 435 g/mol. The summed E-state index contributed by atoms with van der Waals surface area (Å²) in [6.07, 6.45) is -6.00. The molecule has 0 amide bonds. The van der Waals surface area contributed by atoms with E-state index in [1.807, 2.05) is 0 Å². The van der Waals surface area contributed by atoms with Gasteiger partial charge in [-0.2, -0.15) is 13.2 Å². The van der Waals surface area contributed by atoms with Gasteiger partial charge < -0.3 is 9.47 Å². The molecule has 6 nitrogen and oxygen atoms in total. The van der Waals surface area contributed by atoms with E-state index >= 15 is 0 Å². The SMILES string of the molecule is CCOC(=O)[C@@H]1CN(S(=O)(=O)c2cccc(C(F)(F)F)c2)c2cc(Cl)ccc2O1. The molecule has 0 aliphatic carbocycles. The number of esters is 1. The van der Waals surface area contributed by atoms with Crippen LogP contribution in [0, 0.1) is 0 Å². The first kappa shape index (κ1) is 21.3. The number of carbonyl (C=O) groups is 1. The highest BCUT2D eigenvalue weighted by atomic mass is 35.5. The highest BCUT2D eigenvalue weighted by molar-refractivity contribution is 7.92. The van der Waals surface area contributed by atoms with Crippen LogP contribution in [0.25, 0.3) is 0 Å². The summed E-state index contributed by atoms with van der Waals surface area (Å²) in [5.74, 6) is -0.758. The zero-order valence-electron chi connectivity index (χ0n) is 14.9. The average Bonchev–Trinajstić information content (AvgIpc) is 2.66. The predicted octanol–water partition coefficient (Wildman–Crippen LogP) is 3.88. The van der Waals surface area contributed by atoms with Crippen LogP contribution in [0.4, 0.5) is 18.9 Å². The molecule has 0 N–H and O–H groups in total. The maximum absolute atomic E-state index is 13.2. The van der Waals surface area contributed by atoms with Gasteiger partial charge in [-0.15, -0.1) is 0 Å². The van der Waals surface area contributed by atoms with Gasteiger partial charge in [-0.05, 0) is 43.3 Å². The lowest BCUT2D eigenvalue weighted by molar-refractivity contribution is -0.151. The number of sulfonamides is 1. The molecule has 0 fully saturated rings. The van der Waals surface area contributed by atoms with Crippen molar-refractivity contribution in [1.29, 1.82) is 0 Å². The molecule has 29 heavy (non-hydrogen) atoms. The fraction of sp³-hybridized carbons (Fsp3) is 0.278. The van der Waals surface area contributed by atoms with Crippen molar-refractivity contribution in [2.75, 3.05) is 17.5 Å². The number of nitrogens with zero attached hydrogens (tertiary/aromatic N) is 1. The molecule has 2 aromatic carbocycles. The average molecular weight is 450 g/mol. The van der Waals surface area contributed by atoms with Gasteiger partial charge in [0.2, 0.25) is 6.10 Å². The fourth-order valence-corrected chi connectivity index (χ4v) is 4.45. The van der Waals surface area contributed by atoms with Crippen LogP contribution < -0.4 is 9.04 Å². The smallest absolute Gasteiger partial charge is 0.416 e. The van der Waals surface area contributed by atoms with Crippen LogP contribution in [0.15, 0.2) is 47.4 Å². The largest absolute Gasteiger partial charge is 0.475 e. The molecular formula is C18H15ClF3NO5S. The minimum absolute atomic E-state index is 0.00969. The zero-order valence-corrected chi connectivity index (χ0v) is 16.5. The third-order valence-corrected chi connectivity index (χ3v) is 6.10. The van der Waals surface area contributed by atoms with Crippen LogP contribution in [0.2, 0.25) is 5.02 Å². The van der Waals surface area contributed by atoms with E-state index in [-0.39, 0.29) is 23.1 Å². The number of hydrogen-bond acceptors (Lipinski definition) is 5. The molecule has 1 aliphatic heterocycles. The molecule has 156 valence electrons. The first-order valence-corrected chi connectivity index (χ1v) is 10.2. The fourth-order valence-electron chi connectivity index (χ4n) is 2.77. The van der Waals surface area contributed by atoms with Crippen LogP contribution in [0.1, 0.15) is 12.5 Å². The predicted molar refractivity (Wildman–Crippen MR) is 98.5 cm³/mol. The normalized spacial score (nSPS) is 16.7. The Bertz CT molecular complexity index is 1040. The van der Waals surface area contributed by atoms with Gasteiger partial charge >= 0.3 is 12.1 Å². The Morgan fingerprint density at radius 1 is 1.28 bits per heavy atom. The summed E-state index contributed by atoms with van der Waals surface area (Å²) in [5, 5.41) is 0.186. The second-order valence-electron chi connectivity index (χ2n) is 6.03. The minimum atomic E-state index is -4.72. The summed E-state index contributed by atoms with van der Waals surface area (Å²) in [5.41, 5.74) is -1.10. The summed E-state index contributed by atoms with van der Waals surface area (Å²) in [7, 11) is -4.47. The van der Waals surface area contributed by atoms with Gasteiger partial charge in [-0.1, -0.05) is 17.7 Å². The van der Waals surface area contributed by atoms with E-state index in [1.165, 1.54) is 18.2 Å². The number of carbonyl (C=O) groups excluding carboxylic acids is 1. The van der Waals surface area contributed by atoms with Gasteiger partial charge in [0.05, 0.1) is 29.3 Å². The Morgan fingerprint density at radius 3 is 2.66 bits per heavy atom. The van der Waals surface area contributed by atoms with Gasteiger partial charge in [0, 0.05) is 5.02 Å². The molecule has 11 heteroatoms. The van der Waals surface area contributed by atoms with Crippen LogP contribution >= 0.6 is 11.6 Å². The van der Waals surface area contributed by atoms with Crippen molar-refractivity contribution in [1.82, 2.24) is 0 Å². The maximum atomic E-state index is 13.2. The highest BCUT2D eigenvalue weighted by Gasteiger charge is 2.39. The molecule has 0 saturated heterocycles. The van der Waals surface area contributed by atoms with E-state index in [9.17, 15) is 26.4 Å². The molecule has 0 aromatic heterocycles. The number of halogens is 4. The van der Waals surface area contributed by atoms with Crippen LogP contribution in [0.3, 0.4) is 0 Å². The third-order valence-electron chi connectivity index (χ3n) is 4.09. The Balaban J connectivity index is 2.10. The number of alkyl halides is 3.